The van der Waals surface area contributed by atoms with E-state index in [2.05, 4.69) is 72.6 Å². The topological polar surface area (TPSA) is 59.5 Å². The molecule has 170 valence electrons. The second kappa shape index (κ2) is 9.00. The maximum atomic E-state index is 5.79. The standard InChI is InChI=1S/C26H28N4O2S/c1-16(24-9-10-25(33-24)19-8-6-5-7-18(19)15-30(3)4)27-26-20-13-22-23(32-12-11-31-22)14-21(20)28-17(2)29-26/h5-10,13-14,16H,11-12,15H2,1-4H3,(H,27,28,29)/t16-/m1/s1. The molecule has 0 fully saturated rings. The highest BCUT2D eigenvalue weighted by Crippen LogP contribution is 2.38. The molecule has 4 aromatic rings. The summed E-state index contributed by atoms with van der Waals surface area (Å²) in [5.41, 5.74) is 3.48. The number of thiophene rings is 1. The Labute approximate surface area is 198 Å². The molecule has 33 heavy (non-hydrogen) atoms. The first kappa shape index (κ1) is 21.7. The van der Waals surface area contributed by atoms with E-state index in [1.807, 2.05) is 30.4 Å². The predicted molar refractivity (Wildman–Crippen MR) is 134 cm³/mol. The van der Waals surface area contributed by atoms with Crippen LogP contribution < -0.4 is 14.8 Å². The average molecular weight is 461 g/mol. The van der Waals surface area contributed by atoms with Crippen LogP contribution in [0.5, 0.6) is 11.5 Å². The lowest BCUT2D eigenvalue weighted by Gasteiger charge is -2.20. The van der Waals surface area contributed by atoms with E-state index in [4.69, 9.17) is 14.5 Å². The van der Waals surface area contributed by atoms with Crippen LogP contribution in [0.4, 0.5) is 5.82 Å². The highest BCUT2D eigenvalue weighted by atomic mass is 32.1. The molecule has 3 heterocycles. The van der Waals surface area contributed by atoms with Gasteiger partial charge in [0.15, 0.2) is 11.5 Å². The van der Waals surface area contributed by atoms with Crippen molar-refractivity contribution in [3.8, 4) is 21.9 Å². The summed E-state index contributed by atoms with van der Waals surface area (Å²) in [5.74, 6) is 3.02. The Morgan fingerprint density at radius 1 is 1.03 bits per heavy atom. The van der Waals surface area contributed by atoms with E-state index in [0.717, 1.165) is 40.6 Å². The Balaban J connectivity index is 1.44. The lowest BCUT2D eigenvalue weighted by Crippen LogP contribution is -2.15. The third kappa shape index (κ3) is 4.51. The van der Waals surface area contributed by atoms with Crippen molar-refractivity contribution < 1.29 is 9.47 Å². The van der Waals surface area contributed by atoms with Crippen molar-refractivity contribution in [2.45, 2.75) is 26.4 Å². The largest absolute Gasteiger partial charge is 0.486 e. The Morgan fingerprint density at radius 3 is 2.58 bits per heavy atom. The van der Waals surface area contributed by atoms with Gasteiger partial charge < -0.3 is 19.7 Å². The molecule has 7 heteroatoms. The molecule has 0 saturated carbocycles. The monoisotopic (exact) mass is 460 g/mol. The number of anilines is 1. The number of aryl methyl sites for hydroxylation is 1. The zero-order valence-electron chi connectivity index (χ0n) is 19.4. The first-order valence-electron chi connectivity index (χ1n) is 11.1. The molecule has 6 nitrogen and oxygen atoms in total. The molecule has 2 aromatic carbocycles. The minimum Gasteiger partial charge on any atom is -0.486 e. The lowest BCUT2D eigenvalue weighted by atomic mass is 10.1. The average Bonchev–Trinajstić information content (AvgIpc) is 3.28. The van der Waals surface area contributed by atoms with E-state index in [1.54, 1.807) is 0 Å². The normalized spacial score (nSPS) is 14.0. The Morgan fingerprint density at radius 2 is 1.79 bits per heavy atom. The molecule has 1 aliphatic heterocycles. The molecule has 5 rings (SSSR count). The lowest BCUT2D eigenvalue weighted by molar-refractivity contribution is 0.172. The first-order valence-corrected chi connectivity index (χ1v) is 12.0. The van der Waals surface area contributed by atoms with Gasteiger partial charge in [0.2, 0.25) is 0 Å². The summed E-state index contributed by atoms with van der Waals surface area (Å²) in [6.45, 7) is 6.11. The van der Waals surface area contributed by atoms with Gasteiger partial charge in [-0.3, -0.25) is 0 Å². The van der Waals surface area contributed by atoms with Crippen molar-refractivity contribution in [3.63, 3.8) is 0 Å². The molecule has 2 aromatic heterocycles. The molecule has 1 N–H and O–H groups in total. The number of aromatic nitrogens is 2. The number of hydrogen-bond donors (Lipinski definition) is 1. The molecule has 0 saturated heterocycles. The van der Waals surface area contributed by atoms with Gasteiger partial charge in [-0.2, -0.15) is 0 Å². The zero-order valence-corrected chi connectivity index (χ0v) is 20.2. The number of benzene rings is 2. The van der Waals surface area contributed by atoms with Gasteiger partial charge in [-0.15, -0.1) is 11.3 Å². The number of hydrogen-bond acceptors (Lipinski definition) is 7. The third-order valence-corrected chi connectivity index (χ3v) is 6.95. The van der Waals surface area contributed by atoms with Gasteiger partial charge in [0.05, 0.1) is 11.6 Å². The highest BCUT2D eigenvalue weighted by Gasteiger charge is 2.18. The molecular formula is C26H28N4O2S. The maximum Gasteiger partial charge on any atom is 0.163 e. The van der Waals surface area contributed by atoms with E-state index < -0.39 is 0 Å². The molecule has 0 radical (unpaired) electrons. The van der Waals surface area contributed by atoms with Crippen molar-refractivity contribution in [1.82, 2.24) is 14.9 Å². The number of nitrogens with one attached hydrogen (secondary N) is 1. The summed E-state index contributed by atoms with van der Waals surface area (Å²) in [5, 5.41) is 4.55. The zero-order chi connectivity index (χ0) is 22.9. The van der Waals surface area contributed by atoms with Crippen LogP contribution >= 0.6 is 11.3 Å². The van der Waals surface area contributed by atoms with Crippen molar-refractivity contribution in [1.29, 1.82) is 0 Å². The number of ether oxygens (including phenoxy) is 2. The summed E-state index contributed by atoms with van der Waals surface area (Å²) < 4.78 is 11.5. The first-order chi connectivity index (χ1) is 16.0. The van der Waals surface area contributed by atoms with E-state index in [9.17, 15) is 0 Å². The Hall–Kier alpha value is -3.16. The van der Waals surface area contributed by atoms with Crippen LogP contribution in [0, 0.1) is 6.92 Å². The molecule has 0 spiro atoms. The fraction of sp³-hybridized carbons (Fsp3) is 0.308. The van der Waals surface area contributed by atoms with Gasteiger partial charge in [0.25, 0.3) is 0 Å². The predicted octanol–water partition coefficient (Wildman–Crippen LogP) is 5.67. The van der Waals surface area contributed by atoms with E-state index in [1.165, 1.54) is 20.9 Å². The van der Waals surface area contributed by atoms with E-state index in [0.29, 0.717) is 13.2 Å². The van der Waals surface area contributed by atoms with Crippen LogP contribution in [-0.4, -0.2) is 42.2 Å². The number of nitrogens with zero attached hydrogens (tertiary/aromatic N) is 3. The molecule has 0 unspecified atom stereocenters. The van der Waals surface area contributed by atoms with Gasteiger partial charge in [-0.1, -0.05) is 24.3 Å². The molecule has 0 bridgehead atoms. The smallest absolute Gasteiger partial charge is 0.163 e. The summed E-state index contributed by atoms with van der Waals surface area (Å²) in [6.07, 6.45) is 0. The van der Waals surface area contributed by atoms with Crippen LogP contribution in [0.25, 0.3) is 21.3 Å². The van der Waals surface area contributed by atoms with E-state index >= 15 is 0 Å². The minimum absolute atomic E-state index is 0.0930. The second-order valence-corrected chi connectivity index (χ2v) is 9.71. The summed E-state index contributed by atoms with van der Waals surface area (Å²) in [7, 11) is 4.20. The highest BCUT2D eigenvalue weighted by molar-refractivity contribution is 7.15. The van der Waals surface area contributed by atoms with Crippen molar-refractivity contribution in [2.75, 3.05) is 32.6 Å². The van der Waals surface area contributed by atoms with Crippen molar-refractivity contribution in [3.05, 3.63) is 64.8 Å². The molecule has 0 amide bonds. The summed E-state index contributed by atoms with van der Waals surface area (Å²) >= 11 is 1.82. The van der Waals surface area contributed by atoms with E-state index in [-0.39, 0.29) is 6.04 Å². The van der Waals surface area contributed by atoms with Crippen LogP contribution in [0.3, 0.4) is 0 Å². The minimum atomic E-state index is 0.0930. The Bertz CT molecular complexity index is 1300. The van der Waals surface area contributed by atoms with Crippen molar-refractivity contribution in [2.24, 2.45) is 0 Å². The molecule has 1 aliphatic rings. The molecular weight excluding hydrogens is 432 g/mol. The fourth-order valence-electron chi connectivity index (χ4n) is 4.14. The van der Waals surface area contributed by atoms with Crippen molar-refractivity contribution >= 4 is 28.1 Å². The van der Waals surface area contributed by atoms with Gasteiger partial charge in [-0.25, -0.2) is 9.97 Å². The second-order valence-electron chi connectivity index (χ2n) is 8.60. The van der Waals surface area contributed by atoms with Gasteiger partial charge in [0, 0.05) is 27.8 Å². The van der Waals surface area contributed by atoms with Gasteiger partial charge >= 0.3 is 0 Å². The maximum absolute atomic E-state index is 5.79. The van der Waals surface area contributed by atoms with Crippen LogP contribution in [0.15, 0.2) is 48.5 Å². The Kier molecular flexibility index (Phi) is 5.91. The van der Waals surface area contributed by atoms with Gasteiger partial charge in [0.1, 0.15) is 24.9 Å². The third-order valence-electron chi connectivity index (χ3n) is 5.65. The number of rotatable bonds is 6. The number of fused-ring (bicyclic) bond motifs is 2. The molecule has 1 atom stereocenters. The summed E-state index contributed by atoms with van der Waals surface area (Å²) in [6, 6.07) is 17.1. The van der Waals surface area contributed by atoms with Crippen LogP contribution in [-0.2, 0) is 6.54 Å². The van der Waals surface area contributed by atoms with Crippen LogP contribution in [0.1, 0.15) is 29.2 Å². The molecule has 0 aliphatic carbocycles. The quantitative estimate of drug-likeness (QED) is 0.400. The van der Waals surface area contributed by atoms with Gasteiger partial charge in [-0.05, 0) is 57.3 Å². The summed E-state index contributed by atoms with van der Waals surface area (Å²) in [4.78, 5) is 14.1. The SMILES string of the molecule is Cc1nc(N[C@H](C)c2ccc(-c3ccccc3CN(C)C)s2)c2cc3c(cc2n1)OCCO3. The fourth-order valence-corrected chi connectivity index (χ4v) is 5.21. The van der Waals surface area contributed by atoms with Crippen LogP contribution in [0.2, 0.25) is 0 Å².